The molecule has 2 nitrogen and oxygen atoms in total. The summed E-state index contributed by atoms with van der Waals surface area (Å²) in [6.07, 6.45) is 8.18. The molecule has 2 aromatic rings. The molecule has 86 valence electrons. The number of hydrogen-bond donors (Lipinski definition) is 0. The number of benzene rings is 1. The molecule has 1 heterocycles. The Bertz CT molecular complexity index is 484. The van der Waals surface area contributed by atoms with Gasteiger partial charge in [0, 0.05) is 38.0 Å². The van der Waals surface area contributed by atoms with Crippen molar-refractivity contribution in [1.29, 1.82) is 0 Å². The van der Waals surface area contributed by atoms with E-state index in [1.54, 1.807) is 0 Å². The summed E-state index contributed by atoms with van der Waals surface area (Å²) in [6.45, 7) is 0. The molecule has 0 N–H and O–H groups in total. The van der Waals surface area contributed by atoms with Crippen molar-refractivity contribution >= 4 is 18.0 Å². The predicted molar refractivity (Wildman–Crippen MR) is 72.6 cm³/mol. The average Bonchev–Trinajstić information content (AvgIpc) is 2.38. The Balaban J connectivity index is 2.12. The Morgan fingerprint density at radius 2 is 1.59 bits per heavy atom. The van der Waals surface area contributed by atoms with E-state index in [2.05, 4.69) is 35.2 Å². The molecule has 0 bridgehead atoms. The Labute approximate surface area is 102 Å². The second-order valence-corrected chi connectivity index (χ2v) is 4.12. The average molecular weight is 225 g/mol. The van der Waals surface area contributed by atoms with Crippen LogP contribution in [0.4, 0.5) is 5.69 Å². The SMILES string of the molecule is CN(C)c1ccc(C=C[n+]2ccccc2)cc1. The van der Waals surface area contributed by atoms with Gasteiger partial charge in [-0.15, -0.1) is 0 Å². The van der Waals surface area contributed by atoms with E-state index in [9.17, 15) is 0 Å². The zero-order valence-corrected chi connectivity index (χ0v) is 10.2. The normalized spacial score (nSPS) is 10.7. The third-order valence-electron chi connectivity index (χ3n) is 2.59. The second kappa shape index (κ2) is 5.30. The number of nitrogens with zero attached hydrogens (tertiary/aromatic N) is 2. The lowest BCUT2D eigenvalue weighted by atomic mass is 10.2. The molecule has 2 heteroatoms. The van der Waals surface area contributed by atoms with E-state index in [1.165, 1.54) is 11.3 Å². The number of pyridine rings is 1. The molecule has 0 aliphatic carbocycles. The predicted octanol–water partition coefficient (Wildman–Crippen LogP) is 2.67. The lowest BCUT2D eigenvalue weighted by Crippen LogP contribution is -2.23. The molecule has 0 aliphatic heterocycles. The Morgan fingerprint density at radius 3 is 2.18 bits per heavy atom. The minimum absolute atomic E-state index is 1.20. The van der Waals surface area contributed by atoms with Gasteiger partial charge in [-0.1, -0.05) is 18.2 Å². The summed E-state index contributed by atoms with van der Waals surface area (Å²) in [4.78, 5) is 2.10. The zero-order valence-electron chi connectivity index (χ0n) is 10.2. The van der Waals surface area contributed by atoms with E-state index in [-0.39, 0.29) is 0 Å². The zero-order chi connectivity index (χ0) is 12.1. The molecular weight excluding hydrogens is 208 g/mol. The molecule has 0 radical (unpaired) electrons. The van der Waals surface area contributed by atoms with Gasteiger partial charge in [0.1, 0.15) is 0 Å². The van der Waals surface area contributed by atoms with Crippen molar-refractivity contribution in [2.24, 2.45) is 0 Å². The summed E-state index contributed by atoms with van der Waals surface area (Å²) < 4.78 is 2.03. The maximum atomic E-state index is 2.12. The molecule has 0 fully saturated rings. The number of hydrogen-bond acceptors (Lipinski definition) is 1. The fraction of sp³-hybridized carbons (Fsp3) is 0.133. The molecule has 2 rings (SSSR count). The third-order valence-corrected chi connectivity index (χ3v) is 2.59. The lowest BCUT2D eigenvalue weighted by molar-refractivity contribution is -0.567. The smallest absolute Gasteiger partial charge is 0.175 e. The van der Waals surface area contributed by atoms with Crippen molar-refractivity contribution in [3.63, 3.8) is 0 Å². The van der Waals surface area contributed by atoms with Gasteiger partial charge in [0.15, 0.2) is 18.6 Å². The van der Waals surface area contributed by atoms with Crippen molar-refractivity contribution in [3.8, 4) is 0 Å². The minimum Gasteiger partial charge on any atom is -0.378 e. The maximum Gasteiger partial charge on any atom is 0.175 e. The van der Waals surface area contributed by atoms with Crippen LogP contribution in [0.3, 0.4) is 0 Å². The summed E-state index contributed by atoms with van der Waals surface area (Å²) in [5, 5.41) is 0. The highest BCUT2D eigenvalue weighted by Gasteiger charge is 1.95. The minimum atomic E-state index is 1.20. The van der Waals surface area contributed by atoms with Crippen molar-refractivity contribution in [3.05, 3.63) is 60.4 Å². The van der Waals surface area contributed by atoms with Crippen LogP contribution in [0, 0.1) is 0 Å². The van der Waals surface area contributed by atoms with Gasteiger partial charge in [0.25, 0.3) is 0 Å². The molecule has 0 amide bonds. The molecule has 0 spiro atoms. The quantitative estimate of drug-likeness (QED) is 0.728. The molecule has 0 atom stereocenters. The first kappa shape index (κ1) is 11.4. The lowest BCUT2D eigenvalue weighted by Gasteiger charge is -2.11. The Hall–Kier alpha value is -2.09. The molecule has 17 heavy (non-hydrogen) atoms. The monoisotopic (exact) mass is 225 g/mol. The van der Waals surface area contributed by atoms with Crippen LogP contribution in [0.15, 0.2) is 54.9 Å². The Kier molecular flexibility index (Phi) is 3.55. The van der Waals surface area contributed by atoms with Gasteiger partial charge < -0.3 is 4.90 Å². The van der Waals surface area contributed by atoms with Gasteiger partial charge in [-0.25, -0.2) is 0 Å². The second-order valence-electron chi connectivity index (χ2n) is 4.12. The summed E-state index contributed by atoms with van der Waals surface area (Å²) in [7, 11) is 4.09. The summed E-state index contributed by atoms with van der Waals surface area (Å²) in [5.41, 5.74) is 2.42. The van der Waals surface area contributed by atoms with Gasteiger partial charge in [-0.3, -0.25) is 0 Å². The molecule has 0 saturated carbocycles. The van der Waals surface area contributed by atoms with Gasteiger partial charge >= 0.3 is 0 Å². The number of aromatic nitrogens is 1. The van der Waals surface area contributed by atoms with Crippen LogP contribution in [-0.4, -0.2) is 14.1 Å². The van der Waals surface area contributed by atoms with Crippen LogP contribution in [0.25, 0.3) is 12.3 Å². The van der Waals surface area contributed by atoms with Crippen LogP contribution in [-0.2, 0) is 0 Å². The van der Waals surface area contributed by atoms with Crippen LogP contribution in [0.1, 0.15) is 5.56 Å². The molecule has 0 unspecified atom stereocenters. The molecule has 0 saturated heterocycles. The standard InChI is InChI=1S/C15H17N2/c1-16(2)15-8-6-14(7-9-15)10-13-17-11-4-3-5-12-17/h3-13H,1-2H3/q+1. The number of rotatable bonds is 3. The molecule has 1 aromatic heterocycles. The first-order valence-corrected chi connectivity index (χ1v) is 5.67. The van der Waals surface area contributed by atoms with E-state index in [1.807, 2.05) is 55.5 Å². The first-order valence-electron chi connectivity index (χ1n) is 5.67. The molecule has 0 aliphatic rings. The summed E-state index contributed by atoms with van der Waals surface area (Å²) >= 11 is 0. The van der Waals surface area contributed by atoms with Gasteiger partial charge in [0.05, 0.1) is 0 Å². The largest absolute Gasteiger partial charge is 0.378 e. The van der Waals surface area contributed by atoms with Crippen LogP contribution >= 0.6 is 0 Å². The van der Waals surface area contributed by atoms with Crippen LogP contribution in [0.5, 0.6) is 0 Å². The third kappa shape index (κ3) is 3.18. The van der Waals surface area contributed by atoms with E-state index < -0.39 is 0 Å². The maximum absolute atomic E-state index is 2.12. The van der Waals surface area contributed by atoms with Gasteiger partial charge in [-0.05, 0) is 17.7 Å². The highest BCUT2D eigenvalue weighted by molar-refractivity contribution is 5.60. The van der Waals surface area contributed by atoms with E-state index in [0.717, 1.165) is 0 Å². The molecule has 1 aromatic carbocycles. The first-order chi connectivity index (χ1) is 8.25. The van der Waals surface area contributed by atoms with Crippen LogP contribution < -0.4 is 9.47 Å². The highest BCUT2D eigenvalue weighted by atomic mass is 15.1. The Morgan fingerprint density at radius 1 is 0.941 bits per heavy atom. The van der Waals surface area contributed by atoms with Gasteiger partial charge in [0.2, 0.25) is 0 Å². The summed E-state index contributed by atoms with van der Waals surface area (Å²) in [5.74, 6) is 0. The molecular formula is C15H17N2+. The van der Waals surface area contributed by atoms with Crippen LogP contribution in [0.2, 0.25) is 0 Å². The van der Waals surface area contributed by atoms with Crippen molar-refractivity contribution in [2.75, 3.05) is 19.0 Å². The van der Waals surface area contributed by atoms with Crippen molar-refractivity contribution in [1.82, 2.24) is 0 Å². The highest BCUT2D eigenvalue weighted by Crippen LogP contribution is 2.12. The fourth-order valence-electron chi connectivity index (χ4n) is 1.57. The van der Waals surface area contributed by atoms with Gasteiger partial charge in [-0.2, -0.15) is 4.57 Å². The van der Waals surface area contributed by atoms with E-state index in [4.69, 9.17) is 0 Å². The van der Waals surface area contributed by atoms with E-state index >= 15 is 0 Å². The van der Waals surface area contributed by atoms with E-state index in [0.29, 0.717) is 0 Å². The topological polar surface area (TPSA) is 7.12 Å². The fourth-order valence-corrected chi connectivity index (χ4v) is 1.57. The number of anilines is 1. The van der Waals surface area contributed by atoms with Crippen molar-refractivity contribution < 1.29 is 4.57 Å². The summed E-state index contributed by atoms with van der Waals surface area (Å²) in [6, 6.07) is 14.5. The van der Waals surface area contributed by atoms with Crippen molar-refractivity contribution in [2.45, 2.75) is 0 Å².